The van der Waals surface area contributed by atoms with Crippen molar-refractivity contribution in [3.8, 4) is 0 Å². The average molecular weight is 256 g/mol. The summed E-state index contributed by atoms with van der Waals surface area (Å²) < 4.78 is 1.79. The summed E-state index contributed by atoms with van der Waals surface area (Å²) in [5, 5.41) is 4.86. The van der Waals surface area contributed by atoms with Crippen LogP contribution in [0.4, 0.5) is 0 Å². The monoisotopic (exact) mass is 254 g/mol. The van der Waals surface area contributed by atoms with Gasteiger partial charge >= 0.3 is 1.43 Å². The Balaban J connectivity index is 0. The van der Waals surface area contributed by atoms with Gasteiger partial charge in [-0.05, 0) is 0 Å². The maximum Gasteiger partial charge on any atom is 1.00 e. The number of hydrogen-bond acceptors (Lipinski definition) is 1. The SMILES string of the molecule is Cn1cc(CBr)cn1.[Br-].[H+]. The molecule has 1 aromatic heterocycles. The number of alkyl halides is 1. The van der Waals surface area contributed by atoms with Crippen LogP contribution in [0.1, 0.15) is 6.99 Å². The van der Waals surface area contributed by atoms with Gasteiger partial charge in [0.1, 0.15) is 0 Å². The van der Waals surface area contributed by atoms with Crippen molar-refractivity contribution in [3.05, 3.63) is 18.0 Å². The topological polar surface area (TPSA) is 17.8 Å². The standard InChI is InChI=1S/C5H7BrN2.BrH/c1-8-4-5(2-6)3-7-8;/h3-4H,2H2,1H3;1H. The molecule has 0 aliphatic carbocycles. The zero-order valence-corrected chi connectivity index (χ0v) is 8.18. The van der Waals surface area contributed by atoms with Gasteiger partial charge in [-0.15, -0.1) is 0 Å². The molecule has 0 N–H and O–H groups in total. The summed E-state index contributed by atoms with van der Waals surface area (Å²) in [6, 6.07) is 0. The van der Waals surface area contributed by atoms with Gasteiger partial charge in [0.2, 0.25) is 0 Å². The average Bonchev–Trinajstić information content (AvgIpc) is 2.14. The van der Waals surface area contributed by atoms with Crippen molar-refractivity contribution in [1.29, 1.82) is 0 Å². The van der Waals surface area contributed by atoms with Crippen LogP contribution in [0, 0.1) is 0 Å². The molecule has 0 saturated carbocycles. The fourth-order valence-corrected chi connectivity index (χ4v) is 0.830. The molecule has 1 aromatic rings. The van der Waals surface area contributed by atoms with E-state index < -0.39 is 0 Å². The maximum absolute atomic E-state index is 3.97. The Morgan fingerprint density at radius 3 is 2.78 bits per heavy atom. The zero-order valence-electron chi connectivity index (χ0n) is 6.01. The Hall–Kier alpha value is 0.170. The highest BCUT2D eigenvalue weighted by Crippen LogP contribution is 2.00. The van der Waals surface area contributed by atoms with Crippen LogP contribution >= 0.6 is 15.9 Å². The highest BCUT2D eigenvalue weighted by atomic mass is 79.9. The van der Waals surface area contributed by atoms with Crippen molar-refractivity contribution in [2.45, 2.75) is 5.33 Å². The van der Waals surface area contributed by atoms with Crippen LogP contribution in [-0.2, 0) is 12.4 Å². The number of hydrogen-bond donors (Lipinski definition) is 0. The summed E-state index contributed by atoms with van der Waals surface area (Å²) in [6.07, 6.45) is 3.82. The molecule has 52 valence electrons. The van der Waals surface area contributed by atoms with Crippen LogP contribution in [0.5, 0.6) is 0 Å². The third-order valence-corrected chi connectivity index (χ3v) is 1.56. The minimum atomic E-state index is 0. The second kappa shape index (κ2) is 4.06. The number of aromatic nitrogens is 2. The van der Waals surface area contributed by atoms with Gasteiger partial charge in [-0.1, -0.05) is 15.9 Å². The van der Waals surface area contributed by atoms with Gasteiger partial charge in [-0.25, -0.2) is 0 Å². The minimum absolute atomic E-state index is 0. The first kappa shape index (κ1) is 9.17. The van der Waals surface area contributed by atoms with E-state index in [4.69, 9.17) is 0 Å². The van der Waals surface area contributed by atoms with Crippen molar-refractivity contribution in [2.24, 2.45) is 7.05 Å². The van der Waals surface area contributed by atoms with Crippen LogP contribution < -0.4 is 17.0 Å². The molecule has 0 fully saturated rings. The van der Waals surface area contributed by atoms with E-state index in [1.54, 1.807) is 4.68 Å². The van der Waals surface area contributed by atoms with Crippen molar-refractivity contribution < 1.29 is 18.4 Å². The second-order valence-corrected chi connectivity index (χ2v) is 2.22. The first-order valence-corrected chi connectivity index (χ1v) is 3.48. The van der Waals surface area contributed by atoms with Gasteiger partial charge in [0.15, 0.2) is 0 Å². The van der Waals surface area contributed by atoms with Crippen LogP contribution in [0.2, 0.25) is 0 Å². The summed E-state index contributed by atoms with van der Waals surface area (Å²) in [5.74, 6) is 0. The van der Waals surface area contributed by atoms with Crippen LogP contribution in [0.15, 0.2) is 12.4 Å². The van der Waals surface area contributed by atoms with E-state index in [2.05, 4.69) is 21.0 Å². The predicted molar refractivity (Wildman–Crippen MR) is 37.0 cm³/mol. The van der Waals surface area contributed by atoms with Gasteiger partial charge in [0, 0.05) is 24.1 Å². The first-order chi connectivity index (χ1) is 3.83. The summed E-state index contributed by atoms with van der Waals surface area (Å²) >= 11 is 3.32. The lowest BCUT2D eigenvalue weighted by molar-refractivity contribution is -0.00000176. The number of rotatable bonds is 1. The third-order valence-electron chi connectivity index (χ3n) is 0.913. The molecule has 0 aliphatic heterocycles. The molecule has 0 spiro atoms. The fourth-order valence-electron chi connectivity index (χ4n) is 0.541. The van der Waals surface area contributed by atoms with Crippen molar-refractivity contribution in [3.63, 3.8) is 0 Å². The molecule has 0 unspecified atom stereocenters. The molecular formula is C5H8Br2N2. The Morgan fingerprint density at radius 1 is 1.89 bits per heavy atom. The molecule has 0 saturated heterocycles. The van der Waals surface area contributed by atoms with E-state index in [1.807, 2.05) is 19.4 Å². The van der Waals surface area contributed by atoms with E-state index in [9.17, 15) is 0 Å². The van der Waals surface area contributed by atoms with Crippen LogP contribution in [0.25, 0.3) is 0 Å². The fraction of sp³-hybridized carbons (Fsp3) is 0.400. The molecule has 0 amide bonds. The molecule has 4 heteroatoms. The molecule has 0 aliphatic rings. The van der Waals surface area contributed by atoms with E-state index in [1.165, 1.54) is 5.56 Å². The Morgan fingerprint density at radius 2 is 2.56 bits per heavy atom. The molecular weight excluding hydrogens is 248 g/mol. The van der Waals surface area contributed by atoms with Gasteiger partial charge in [0.05, 0.1) is 6.20 Å². The molecule has 0 aromatic carbocycles. The van der Waals surface area contributed by atoms with Crippen molar-refractivity contribution in [2.75, 3.05) is 0 Å². The lowest BCUT2D eigenvalue weighted by atomic mass is 10.4. The van der Waals surface area contributed by atoms with E-state index >= 15 is 0 Å². The van der Waals surface area contributed by atoms with Gasteiger partial charge in [-0.2, -0.15) is 5.10 Å². The van der Waals surface area contributed by atoms with Crippen LogP contribution in [-0.4, -0.2) is 9.78 Å². The van der Waals surface area contributed by atoms with Gasteiger partial charge < -0.3 is 17.0 Å². The van der Waals surface area contributed by atoms with Crippen molar-refractivity contribution in [1.82, 2.24) is 9.78 Å². The molecule has 0 atom stereocenters. The quantitative estimate of drug-likeness (QED) is 0.555. The van der Waals surface area contributed by atoms with Gasteiger partial charge in [0.25, 0.3) is 0 Å². The van der Waals surface area contributed by atoms with E-state index in [0.29, 0.717) is 0 Å². The third kappa shape index (κ3) is 2.49. The molecule has 0 bridgehead atoms. The molecule has 2 nitrogen and oxygen atoms in total. The number of nitrogens with zero attached hydrogens (tertiary/aromatic N) is 2. The number of aryl methyl sites for hydroxylation is 1. The van der Waals surface area contributed by atoms with E-state index in [0.717, 1.165) is 5.33 Å². The Bertz CT molecular complexity index is 178. The summed E-state index contributed by atoms with van der Waals surface area (Å²) in [5.41, 5.74) is 1.22. The van der Waals surface area contributed by atoms with Crippen LogP contribution in [0.3, 0.4) is 0 Å². The number of halogens is 2. The molecule has 1 rings (SSSR count). The summed E-state index contributed by atoms with van der Waals surface area (Å²) in [7, 11) is 1.91. The summed E-state index contributed by atoms with van der Waals surface area (Å²) in [6.45, 7) is 0. The maximum atomic E-state index is 3.97. The zero-order chi connectivity index (χ0) is 5.98. The second-order valence-electron chi connectivity index (χ2n) is 1.66. The Kier molecular flexibility index (Phi) is 4.14. The highest BCUT2D eigenvalue weighted by molar-refractivity contribution is 9.08. The predicted octanol–water partition coefficient (Wildman–Crippen LogP) is -1.57. The van der Waals surface area contributed by atoms with Gasteiger partial charge in [-0.3, -0.25) is 4.68 Å². The lowest BCUT2D eigenvalue weighted by Crippen LogP contribution is -3.00. The smallest absolute Gasteiger partial charge is 1.00 e. The molecule has 9 heavy (non-hydrogen) atoms. The Labute approximate surface area is 74.6 Å². The lowest BCUT2D eigenvalue weighted by Gasteiger charge is -1.80. The summed E-state index contributed by atoms with van der Waals surface area (Å²) in [4.78, 5) is 0. The molecule has 0 radical (unpaired) electrons. The minimum Gasteiger partial charge on any atom is -1.00 e. The normalized spacial score (nSPS) is 8.67. The largest absolute Gasteiger partial charge is 1.00 e. The molecule has 1 heterocycles. The van der Waals surface area contributed by atoms with E-state index in [-0.39, 0.29) is 18.4 Å². The van der Waals surface area contributed by atoms with Crippen molar-refractivity contribution >= 4 is 15.9 Å². The first-order valence-electron chi connectivity index (χ1n) is 2.36. The highest BCUT2D eigenvalue weighted by Gasteiger charge is 1.88.